The van der Waals surface area contributed by atoms with Crippen LogP contribution in [0.4, 0.5) is 11.4 Å². The van der Waals surface area contributed by atoms with Gasteiger partial charge in [0.1, 0.15) is 0 Å². The van der Waals surface area contributed by atoms with Crippen molar-refractivity contribution >= 4 is 45.7 Å². The monoisotopic (exact) mass is 485 g/mol. The summed E-state index contributed by atoms with van der Waals surface area (Å²) in [4.78, 5) is 43.1. The molecule has 0 spiro atoms. The molecule has 12 heteroatoms. The van der Waals surface area contributed by atoms with Crippen molar-refractivity contribution in [3.63, 3.8) is 0 Å². The summed E-state index contributed by atoms with van der Waals surface area (Å²) in [5, 5.41) is 27.6. The number of aromatic nitrogens is 3. The first-order valence-electron chi connectivity index (χ1n) is 10.2. The van der Waals surface area contributed by atoms with Crippen molar-refractivity contribution in [1.82, 2.24) is 15.1 Å². The van der Waals surface area contributed by atoms with Gasteiger partial charge < -0.3 is 25.4 Å². The maximum atomic E-state index is 12.9. The number of benzene rings is 2. The second-order valence-electron chi connectivity index (χ2n) is 7.33. The third-order valence-electron chi connectivity index (χ3n) is 5.11. The van der Waals surface area contributed by atoms with Gasteiger partial charge in [-0.15, -0.1) is 11.6 Å². The van der Waals surface area contributed by atoms with E-state index in [2.05, 4.69) is 25.0 Å². The number of carbonyl (C=O) groups excluding carboxylic acids is 2. The molecule has 2 aromatic carbocycles. The molecular weight excluding hydrogens is 466 g/mol. The molecule has 5 N–H and O–H groups in total. The zero-order chi connectivity index (χ0) is 24.2. The van der Waals surface area contributed by atoms with Gasteiger partial charge in [0, 0.05) is 46.5 Å². The fourth-order valence-corrected chi connectivity index (χ4v) is 3.55. The Balaban J connectivity index is 1.45. The third kappa shape index (κ3) is 4.86. The summed E-state index contributed by atoms with van der Waals surface area (Å²) in [5.74, 6) is -2.26. The van der Waals surface area contributed by atoms with Crippen molar-refractivity contribution in [1.29, 1.82) is 0 Å². The minimum Gasteiger partial charge on any atom is -0.380 e. The van der Waals surface area contributed by atoms with Crippen molar-refractivity contribution in [3.05, 3.63) is 65.3 Å². The minimum atomic E-state index is -2.03. The van der Waals surface area contributed by atoms with E-state index >= 15 is 0 Å². The highest BCUT2D eigenvalue weighted by Crippen LogP contribution is 2.23. The van der Waals surface area contributed by atoms with Crippen LogP contribution in [0.5, 0.6) is 0 Å². The Morgan fingerprint density at radius 1 is 1.12 bits per heavy atom. The van der Waals surface area contributed by atoms with Crippen LogP contribution in [0, 0.1) is 0 Å². The molecule has 0 bridgehead atoms. The number of hydrogen-bond acceptors (Lipinski definition) is 7. The number of carbonyl (C=O) groups is 2. The van der Waals surface area contributed by atoms with Gasteiger partial charge in [0.2, 0.25) is 0 Å². The molecule has 0 radical (unpaired) electrons. The molecular formula is C22H20ClN5O6. The predicted octanol–water partition coefficient (Wildman–Crippen LogP) is 1.44. The first kappa shape index (κ1) is 23.2. The van der Waals surface area contributed by atoms with Gasteiger partial charge in [0.05, 0.1) is 0 Å². The van der Waals surface area contributed by atoms with Gasteiger partial charge in [0.15, 0.2) is 18.0 Å². The highest BCUT2D eigenvalue weighted by atomic mass is 35.5. The average Bonchev–Trinajstić information content (AvgIpc) is 3.50. The zero-order valence-electron chi connectivity index (χ0n) is 17.6. The molecule has 0 fully saturated rings. The van der Waals surface area contributed by atoms with Crippen LogP contribution in [0.3, 0.4) is 0 Å². The van der Waals surface area contributed by atoms with Crippen LogP contribution >= 0.6 is 11.6 Å². The molecule has 0 aliphatic rings. The molecule has 176 valence electrons. The van der Waals surface area contributed by atoms with E-state index in [4.69, 9.17) is 11.6 Å². The van der Waals surface area contributed by atoms with Gasteiger partial charge in [-0.3, -0.25) is 19.1 Å². The molecule has 11 nitrogen and oxygen atoms in total. The lowest BCUT2D eigenvalue weighted by Crippen LogP contribution is -2.50. The summed E-state index contributed by atoms with van der Waals surface area (Å²) < 4.78 is 4.44. The van der Waals surface area contributed by atoms with Crippen LogP contribution in [0.1, 0.15) is 0 Å². The number of fused-ring (bicyclic) bond motifs is 1. The molecule has 2 heterocycles. The second kappa shape index (κ2) is 9.91. The number of rotatable bonds is 8. The number of aliphatic hydroxyl groups is 2. The van der Waals surface area contributed by atoms with Crippen LogP contribution in [0.25, 0.3) is 22.3 Å². The van der Waals surface area contributed by atoms with Crippen LogP contribution in [-0.2, 0) is 9.59 Å². The Kier molecular flexibility index (Phi) is 6.77. The number of aromatic amines is 2. The lowest BCUT2D eigenvalue weighted by molar-refractivity contribution is -0.141. The number of anilines is 2. The second-order valence-corrected chi connectivity index (χ2v) is 7.71. The van der Waals surface area contributed by atoms with Gasteiger partial charge in [-0.25, -0.2) is 4.79 Å². The van der Waals surface area contributed by atoms with Gasteiger partial charge in [-0.05, 0) is 48.5 Å². The van der Waals surface area contributed by atoms with Crippen molar-refractivity contribution in [3.8, 4) is 11.4 Å². The smallest absolute Gasteiger partial charge is 0.380 e. The molecule has 34 heavy (non-hydrogen) atoms. The number of nitrogens with one attached hydrogen (secondary N) is 3. The third-order valence-corrected chi connectivity index (χ3v) is 5.28. The molecule has 2 atom stereocenters. The molecule has 2 amide bonds. The maximum Gasteiger partial charge on any atom is 0.439 e. The number of alkyl halides is 1. The highest BCUT2D eigenvalue weighted by Gasteiger charge is 2.34. The lowest BCUT2D eigenvalue weighted by Gasteiger charge is -2.26. The van der Waals surface area contributed by atoms with E-state index in [0.717, 1.165) is 10.9 Å². The molecule has 0 saturated heterocycles. The fraction of sp³-hybridized carbons (Fsp3) is 0.182. The van der Waals surface area contributed by atoms with Gasteiger partial charge in [-0.2, -0.15) is 0 Å². The summed E-state index contributed by atoms with van der Waals surface area (Å²) in [5.41, 5.74) is 2.14. The van der Waals surface area contributed by atoms with E-state index in [1.807, 2.05) is 6.07 Å². The van der Waals surface area contributed by atoms with Crippen molar-refractivity contribution in [2.45, 2.75) is 12.2 Å². The van der Waals surface area contributed by atoms with Crippen LogP contribution in [-0.4, -0.2) is 61.8 Å². The van der Waals surface area contributed by atoms with E-state index in [1.165, 1.54) is 17.0 Å². The summed E-state index contributed by atoms with van der Waals surface area (Å²) in [6.07, 6.45) is -2.31. The Hall–Kier alpha value is -3.93. The number of hydrogen-bond donors (Lipinski definition) is 5. The van der Waals surface area contributed by atoms with Gasteiger partial charge >= 0.3 is 5.76 Å². The molecule has 0 aliphatic carbocycles. The topological polar surface area (TPSA) is 165 Å². The van der Waals surface area contributed by atoms with Crippen LogP contribution < -0.4 is 16.0 Å². The van der Waals surface area contributed by atoms with E-state index in [-0.39, 0.29) is 23.9 Å². The summed E-state index contributed by atoms with van der Waals surface area (Å²) in [6.45, 7) is 0.0628. The van der Waals surface area contributed by atoms with E-state index in [0.29, 0.717) is 11.3 Å². The first-order valence-corrected chi connectivity index (χ1v) is 10.7. The number of nitrogens with zero attached hydrogens (tertiary/aromatic N) is 2. The maximum absolute atomic E-state index is 12.9. The fourth-order valence-electron chi connectivity index (χ4n) is 3.38. The SMILES string of the molecule is O=C(Nc1ccc(-c2noc(=O)[nH]2)cc1)[C@H](O)[C@@H](O)C(=O)N(CCCl)c1ccc2[nH]ccc2c1. The number of amides is 2. The van der Waals surface area contributed by atoms with Crippen LogP contribution in [0.2, 0.25) is 0 Å². The molecule has 0 aliphatic heterocycles. The summed E-state index contributed by atoms with van der Waals surface area (Å²) in [7, 11) is 0. The van der Waals surface area contributed by atoms with Gasteiger partial charge in [0.25, 0.3) is 11.8 Å². The summed E-state index contributed by atoms with van der Waals surface area (Å²) in [6, 6.07) is 13.1. The van der Waals surface area contributed by atoms with Gasteiger partial charge in [-0.1, -0.05) is 5.16 Å². The van der Waals surface area contributed by atoms with Crippen molar-refractivity contribution in [2.75, 3.05) is 22.6 Å². The Labute approximate surface area is 196 Å². The van der Waals surface area contributed by atoms with Crippen molar-refractivity contribution < 1.29 is 24.3 Å². The van der Waals surface area contributed by atoms with Crippen LogP contribution in [0.15, 0.2) is 64.0 Å². The Morgan fingerprint density at radius 2 is 1.88 bits per heavy atom. The molecule has 0 saturated carbocycles. The largest absolute Gasteiger partial charge is 0.439 e. The Morgan fingerprint density at radius 3 is 2.56 bits per heavy atom. The molecule has 2 aromatic heterocycles. The quantitative estimate of drug-likeness (QED) is 0.235. The van der Waals surface area contributed by atoms with E-state index in [9.17, 15) is 24.6 Å². The molecule has 0 unspecified atom stereocenters. The molecule has 4 aromatic rings. The predicted molar refractivity (Wildman–Crippen MR) is 125 cm³/mol. The number of H-pyrrole nitrogens is 2. The zero-order valence-corrected chi connectivity index (χ0v) is 18.3. The Bertz CT molecular complexity index is 1360. The first-order chi connectivity index (χ1) is 16.4. The normalized spacial score (nSPS) is 12.9. The number of halogens is 1. The molecule has 4 rings (SSSR count). The number of aliphatic hydroxyl groups excluding tert-OH is 2. The van der Waals surface area contributed by atoms with E-state index in [1.54, 1.807) is 36.5 Å². The standard InChI is InChI=1S/C22H20ClN5O6/c23-8-10-28(15-5-6-16-13(11-15)7-9-24-16)21(32)18(30)17(29)20(31)25-14-3-1-12(2-4-14)19-26-22(33)34-27-19/h1-7,9,11,17-18,24,29-30H,8,10H2,(H,25,31)(H,26,27,33)/t17-,18-/m1/s1. The highest BCUT2D eigenvalue weighted by molar-refractivity contribution is 6.18. The lowest BCUT2D eigenvalue weighted by atomic mass is 10.1. The summed E-state index contributed by atoms with van der Waals surface area (Å²) >= 11 is 5.85. The van der Waals surface area contributed by atoms with Crippen molar-refractivity contribution in [2.24, 2.45) is 0 Å². The minimum absolute atomic E-state index is 0.0628. The average molecular weight is 486 g/mol. The van der Waals surface area contributed by atoms with E-state index < -0.39 is 29.8 Å².